The molecular weight excluding hydrogens is 352 g/mol. The maximum atomic E-state index is 6.10. The smallest absolute Gasteiger partial charge is 0.191 e. The van der Waals surface area contributed by atoms with Gasteiger partial charge in [-0.3, -0.25) is 4.99 Å². The Balaban J connectivity index is 1.63. The molecule has 0 bridgehead atoms. The Morgan fingerprint density at radius 1 is 1.31 bits per heavy atom. The maximum Gasteiger partial charge on any atom is 0.191 e. The van der Waals surface area contributed by atoms with Gasteiger partial charge in [0.1, 0.15) is 0 Å². The van der Waals surface area contributed by atoms with Crippen molar-refractivity contribution in [3.63, 3.8) is 0 Å². The van der Waals surface area contributed by atoms with Crippen LogP contribution in [0.25, 0.3) is 0 Å². The van der Waals surface area contributed by atoms with Crippen molar-refractivity contribution >= 4 is 23.2 Å². The first-order chi connectivity index (χ1) is 12.7. The van der Waals surface area contributed by atoms with Crippen LogP contribution in [0.3, 0.4) is 0 Å². The van der Waals surface area contributed by atoms with Gasteiger partial charge in [0, 0.05) is 57.2 Å². The molecule has 0 saturated carbocycles. The zero-order valence-electron chi connectivity index (χ0n) is 15.8. The number of benzene rings is 1. The van der Waals surface area contributed by atoms with Gasteiger partial charge in [-0.25, -0.2) is 0 Å². The minimum absolute atomic E-state index is 0.387. The molecule has 0 amide bonds. The van der Waals surface area contributed by atoms with Crippen LogP contribution in [0.2, 0.25) is 5.02 Å². The molecule has 1 fully saturated rings. The van der Waals surface area contributed by atoms with Crippen LogP contribution in [0.1, 0.15) is 19.3 Å². The molecule has 1 atom stereocenters. The average Bonchev–Trinajstić information content (AvgIpc) is 3.11. The number of aliphatic imine (C=N–C) groups is 1. The lowest BCUT2D eigenvalue weighted by atomic mass is 10.2. The number of anilines is 1. The van der Waals surface area contributed by atoms with E-state index >= 15 is 0 Å². The summed E-state index contributed by atoms with van der Waals surface area (Å²) in [7, 11) is 3.50. The summed E-state index contributed by atoms with van der Waals surface area (Å²) in [4.78, 5) is 6.68. The summed E-state index contributed by atoms with van der Waals surface area (Å²) in [6.45, 7) is 4.95. The molecule has 1 heterocycles. The van der Waals surface area contributed by atoms with E-state index in [9.17, 15) is 0 Å². The number of ether oxygens (including phenoxy) is 2. The molecule has 1 saturated heterocycles. The van der Waals surface area contributed by atoms with Crippen molar-refractivity contribution in [3.8, 4) is 0 Å². The van der Waals surface area contributed by atoms with E-state index in [-0.39, 0.29) is 0 Å². The molecule has 146 valence electrons. The van der Waals surface area contributed by atoms with Gasteiger partial charge in [-0.1, -0.05) is 17.7 Å². The van der Waals surface area contributed by atoms with Crippen LogP contribution >= 0.6 is 11.6 Å². The first-order valence-electron chi connectivity index (χ1n) is 9.27. The number of nitrogens with zero attached hydrogens (tertiary/aromatic N) is 2. The van der Waals surface area contributed by atoms with E-state index in [1.165, 1.54) is 5.69 Å². The van der Waals surface area contributed by atoms with Gasteiger partial charge >= 0.3 is 0 Å². The van der Waals surface area contributed by atoms with Gasteiger partial charge in [-0.05, 0) is 37.5 Å². The summed E-state index contributed by atoms with van der Waals surface area (Å²) in [6, 6.07) is 8.42. The van der Waals surface area contributed by atoms with Gasteiger partial charge in [0.15, 0.2) is 5.96 Å². The summed E-state index contributed by atoms with van der Waals surface area (Å²) in [5.74, 6) is 0.864. The number of unbranched alkanes of at least 4 members (excludes halogenated alkanes) is 1. The molecule has 2 rings (SSSR count). The minimum Gasteiger partial charge on any atom is -0.382 e. The first kappa shape index (κ1) is 20.8. The number of guanidine groups is 1. The van der Waals surface area contributed by atoms with Crippen molar-refractivity contribution < 1.29 is 9.47 Å². The monoisotopic (exact) mass is 382 g/mol. The molecule has 1 aromatic rings. The fourth-order valence-corrected chi connectivity index (χ4v) is 3.14. The number of rotatable bonds is 10. The summed E-state index contributed by atoms with van der Waals surface area (Å²) in [5.41, 5.74) is 1.18. The van der Waals surface area contributed by atoms with Crippen molar-refractivity contribution in [3.05, 3.63) is 29.3 Å². The number of nitrogens with one attached hydrogen (secondary N) is 2. The highest BCUT2D eigenvalue weighted by atomic mass is 35.5. The Morgan fingerprint density at radius 2 is 2.19 bits per heavy atom. The fraction of sp³-hybridized carbons (Fsp3) is 0.632. The number of halogens is 1. The topological polar surface area (TPSA) is 58.1 Å². The third-order valence-corrected chi connectivity index (χ3v) is 4.60. The fourth-order valence-electron chi connectivity index (χ4n) is 2.95. The van der Waals surface area contributed by atoms with Crippen LogP contribution in [-0.4, -0.2) is 65.6 Å². The second-order valence-electron chi connectivity index (χ2n) is 6.37. The third-order valence-electron chi connectivity index (χ3n) is 4.37. The second-order valence-corrected chi connectivity index (χ2v) is 6.80. The van der Waals surface area contributed by atoms with Crippen molar-refractivity contribution in [1.82, 2.24) is 10.6 Å². The average molecular weight is 383 g/mol. The predicted molar refractivity (Wildman–Crippen MR) is 108 cm³/mol. The molecule has 0 radical (unpaired) electrons. The van der Waals surface area contributed by atoms with E-state index in [0.29, 0.717) is 19.3 Å². The largest absolute Gasteiger partial charge is 0.382 e. The lowest BCUT2D eigenvalue weighted by Gasteiger charge is -2.20. The van der Waals surface area contributed by atoms with E-state index in [2.05, 4.69) is 26.6 Å². The third kappa shape index (κ3) is 7.40. The van der Waals surface area contributed by atoms with E-state index < -0.39 is 0 Å². The van der Waals surface area contributed by atoms with Crippen LogP contribution < -0.4 is 15.5 Å². The Bertz CT molecular complexity index is 556. The van der Waals surface area contributed by atoms with Crippen molar-refractivity contribution in [1.29, 1.82) is 0 Å². The first-order valence-corrected chi connectivity index (χ1v) is 9.65. The number of methoxy groups -OCH3 is 1. The Hall–Kier alpha value is -1.50. The Kier molecular flexibility index (Phi) is 9.60. The molecule has 26 heavy (non-hydrogen) atoms. The normalized spacial score (nSPS) is 17.6. The van der Waals surface area contributed by atoms with E-state index in [1.54, 1.807) is 7.11 Å². The Morgan fingerprint density at radius 3 is 2.96 bits per heavy atom. The highest BCUT2D eigenvalue weighted by Gasteiger charge is 2.23. The van der Waals surface area contributed by atoms with Gasteiger partial charge in [0.2, 0.25) is 0 Å². The molecule has 0 aromatic heterocycles. The van der Waals surface area contributed by atoms with Gasteiger partial charge in [-0.2, -0.15) is 0 Å². The molecule has 1 unspecified atom stereocenters. The zero-order valence-corrected chi connectivity index (χ0v) is 16.6. The van der Waals surface area contributed by atoms with Crippen LogP contribution in [0.15, 0.2) is 29.3 Å². The quantitative estimate of drug-likeness (QED) is 0.370. The molecule has 1 aliphatic heterocycles. The SMILES string of the molecule is CN=C(NCCCCOCCOC)NC1CCN(c2cccc(Cl)c2)C1. The summed E-state index contributed by atoms with van der Waals surface area (Å²) in [5, 5.41) is 7.68. The standard InChI is InChI=1S/C19H31ClN4O2/c1-21-19(22-9-3-4-11-26-13-12-25-2)23-17-8-10-24(15-17)18-7-5-6-16(20)14-18/h5-7,14,17H,3-4,8-13,15H2,1-2H3,(H2,21,22,23). The van der Waals surface area contributed by atoms with E-state index in [0.717, 1.165) is 56.5 Å². The molecule has 0 spiro atoms. The highest BCUT2D eigenvalue weighted by Crippen LogP contribution is 2.23. The molecule has 1 aromatic carbocycles. The number of hydrogen-bond acceptors (Lipinski definition) is 4. The maximum absolute atomic E-state index is 6.10. The van der Waals surface area contributed by atoms with Crippen LogP contribution in [0.5, 0.6) is 0 Å². The van der Waals surface area contributed by atoms with Crippen molar-refractivity contribution in [2.75, 3.05) is 58.5 Å². The van der Waals surface area contributed by atoms with Gasteiger partial charge < -0.3 is 25.0 Å². The van der Waals surface area contributed by atoms with E-state index in [4.69, 9.17) is 21.1 Å². The predicted octanol–water partition coefficient (Wildman–Crippen LogP) is 2.53. The lowest BCUT2D eigenvalue weighted by Crippen LogP contribution is -2.44. The van der Waals surface area contributed by atoms with Crippen LogP contribution in [-0.2, 0) is 9.47 Å². The molecule has 2 N–H and O–H groups in total. The molecule has 0 aliphatic carbocycles. The molecule has 1 aliphatic rings. The summed E-state index contributed by atoms with van der Waals surface area (Å²) >= 11 is 6.10. The molecule has 6 nitrogen and oxygen atoms in total. The Labute approximate surface area is 161 Å². The van der Waals surface area contributed by atoms with Gasteiger partial charge in [-0.15, -0.1) is 0 Å². The minimum atomic E-state index is 0.387. The summed E-state index contributed by atoms with van der Waals surface area (Å²) < 4.78 is 10.4. The summed E-state index contributed by atoms with van der Waals surface area (Å²) in [6.07, 6.45) is 3.16. The van der Waals surface area contributed by atoms with E-state index in [1.807, 2.05) is 25.2 Å². The molecular formula is C19H31ClN4O2. The zero-order chi connectivity index (χ0) is 18.6. The van der Waals surface area contributed by atoms with Crippen molar-refractivity contribution in [2.45, 2.75) is 25.3 Å². The number of hydrogen-bond donors (Lipinski definition) is 2. The second kappa shape index (κ2) is 12.0. The van der Waals surface area contributed by atoms with Gasteiger partial charge in [0.25, 0.3) is 0 Å². The van der Waals surface area contributed by atoms with Crippen LogP contribution in [0, 0.1) is 0 Å². The van der Waals surface area contributed by atoms with Crippen LogP contribution in [0.4, 0.5) is 5.69 Å². The molecule has 7 heteroatoms. The van der Waals surface area contributed by atoms with Gasteiger partial charge in [0.05, 0.1) is 13.2 Å². The van der Waals surface area contributed by atoms with Crippen molar-refractivity contribution in [2.24, 2.45) is 4.99 Å². The lowest BCUT2D eigenvalue weighted by molar-refractivity contribution is 0.0689. The highest BCUT2D eigenvalue weighted by molar-refractivity contribution is 6.30.